The van der Waals surface area contributed by atoms with Crippen LogP contribution in [0.3, 0.4) is 0 Å². The molecule has 1 heterocycles. The van der Waals surface area contributed by atoms with E-state index in [0.29, 0.717) is 43.0 Å². The minimum Gasteiger partial charge on any atom is -0.475 e. The Hall–Kier alpha value is -1.66. The molecular weight excluding hydrogens is 308 g/mol. The van der Waals surface area contributed by atoms with E-state index in [1.807, 2.05) is 26.8 Å². The first-order valence-electron chi connectivity index (χ1n) is 8.56. The second-order valence-electron chi connectivity index (χ2n) is 6.31. The average molecular weight is 336 g/mol. The molecule has 24 heavy (non-hydrogen) atoms. The zero-order valence-electron chi connectivity index (χ0n) is 15.1. The summed E-state index contributed by atoms with van der Waals surface area (Å²) in [6, 6.07) is 3.56. The molecule has 1 aromatic rings. The van der Waals surface area contributed by atoms with Crippen LogP contribution in [0, 0.1) is 12.8 Å². The number of hydrogen-bond donors (Lipinski definition) is 1. The molecule has 0 aromatic carbocycles. The predicted molar refractivity (Wildman–Crippen MR) is 92.3 cm³/mol. The Kier molecular flexibility index (Phi) is 6.57. The second kappa shape index (κ2) is 8.44. The summed E-state index contributed by atoms with van der Waals surface area (Å²) in [5, 5.41) is 2.97. The number of hydrogen-bond acceptors (Lipinski definition) is 5. The van der Waals surface area contributed by atoms with Gasteiger partial charge in [0.2, 0.25) is 5.88 Å². The third-order valence-corrected chi connectivity index (χ3v) is 4.26. The number of rotatable bonds is 10. The van der Waals surface area contributed by atoms with Gasteiger partial charge in [-0.15, -0.1) is 0 Å². The van der Waals surface area contributed by atoms with Gasteiger partial charge < -0.3 is 19.5 Å². The fourth-order valence-electron chi connectivity index (χ4n) is 2.54. The highest BCUT2D eigenvalue weighted by atomic mass is 16.5. The topological polar surface area (TPSA) is 69.7 Å². The molecule has 0 saturated heterocycles. The van der Waals surface area contributed by atoms with Gasteiger partial charge in [-0.2, -0.15) is 0 Å². The van der Waals surface area contributed by atoms with Gasteiger partial charge in [0, 0.05) is 19.8 Å². The van der Waals surface area contributed by atoms with Crippen molar-refractivity contribution in [1.29, 1.82) is 0 Å². The predicted octanol–water partition coefficient (Wildman–Crippen LogP) is 2.95. The lowest BCUT2D eigenvalue weighted by atomic mass is 9.98. The number of nitrogens with one attached hydrogen (secondary N) is 1. The van der Waals surface area contributed by atoms with Crippen LogP contribution >= 0.6 is 0 Å². The molecular formula is C18H28N2O4. The number of carbonyl (C=O) groups excluding carboxylic acids is 1. The highest BCUT2D eigenvalue weighted by molar-refractivity contribution is 5.98. The molecule has 1 fully saturated rings. The summed E-state index contributed by atoms with van der Waals surface area (Å²) in [7, 11) is 1.62. The monoisotopic (exact) mass is 336 g/mol. The highest BCUT2D eigenvalue weighted by Gasteiger charge is 2.48. The highest BCUT2D eigenvalue weighted by Crippen LogP contribution is 2.42. The molecule has 0 unspecified atom stereocenters. The van der Waals surface area contributed by atoms with Gasteiger partial charge >= 0.3 is 0 Å². The molecule has 1 aliphatic rings. The number of ether oxygens (including phenoxy) is 3. The summed E-state index contributed by atoms with van der Waals surface area (Å²) in [4.78, 5) is 17.1. The van der Waals surface area contributed by atoms with Gasteiger partial charge in [0.05, 0.1) is 18.0 Å². The van der Waals surface area contributed by atoms with Crippen molar-refractivity contribution in [2.24, 2.45) is 5.92 Å². The Morgan fingerprint density at radius 2 is 2.08 bits per heavy atom. The molecule has 0 bridgehead atoms. The van der Waals surface area contributed by atoms with Crippen molar-refractivity contribution < 1.29 is 19.0 Å². The summed E-state index contributed by atoms with van der Waals surface area (Å²) in [6.07, 6.45) is 2.97. The maximum atomic E-state index is 12.8. The lowest BCUT2D eigenvalue weighted by Gasteiger charge is -2.29. The van der Waals surface area contributed by atoms with E-state index in [1.165, 1.54) is 0 Å². The Morgan fingerprint density at radius 1 is 1.33 bits per heavy atom. The maximum Gasteiger partial charge on any atom is 0.256 e. The minimum atomic E-state index is -0.768. The van der Waals surface area contributed by atoms with Crippen molar-refractivity contribution in [3.63, 3.8) is 0 Å². The van der Waals surface area contributed by atoms with Gasteiger partial charge in [-0.1, -0.05) is 6.92 Å². The Morgan fingerprint density at radius 3 is 2.67 bits per heavy atom. The normalized spacial score (nSPS) is 16.5. The molecule has 2 rings (SSSR count). The van der Waals surface area contributed by atoms with Crippen molar-refractivity contribution in [3.05, 3.63) is 17.8 Å². The second-order valence-corrected chi connectivity index (χ2v) is 6.31. The van der Waals surface area contributed by atoms with Gasteiger partial charge in [-0.3, -0.25) is 4.79 Å². The number of aromatic nitrogens is 1. The number of pyridine rings is 1. The Bertz CT molecular complexity index is 560. The zero-order chi connectivity index (χ0) is 17.6. The van der Waals surface area contributed by atoms with Gasteiger partial charge in [0.1, 0.15) is 12.2 Å². The number of methoxy groups -OCH3 is 1. The van der Waals surface area contributed by atoms with Crippen molar-refractivity contribution in [3.8, 4) is 5.88 Å². The van der Waals surface area contributed by atoms with Gasteiger partial charge in [-0.25, -0.2) is 4.98 Å². The lowest BCUT2D eigenvalue weighted by molar-refractivity contribution is -0.142. The molecule has 0 spiro atoms. The maximum absolute atomic E-state index is 12.8. The smallest absolute Gasteiger partial charge is 0.256 e. The van der Waals surface area contributed by atoms with Crippen LogP contribution in [0.1, 0.15) is 38.8 Å². The van der Waals surface area contributed by atoms with Crippen LogP contribution in [0.4, 0.5) is 5.69 Å². The average Bonchev–Trinajstić information content (AvgIpc) is 3.40. The van der Waals surface area contributed by atoms with E-state index in [0.717, 1.165) is 19.3 Å². The third-order valence-electron chi connectivity index (χ3n) is 4.26. The quantitative estimate of drug-likeness (QED) is 0.665. The van der Waals surface area contributed by atoms with Crippen molar-refractivity contribution in [2.45, 2.75) is 45.6 Å². The number of carbonyl (C=O) groups is 1. The fraction of sp³-hybridized carbons (Fsp3) is 0.667. The van der Waals surface area contributed by atoms with Gasteiger partial charge in [0.15, 0.2) is 0 Å². The largest absolute Gasteiger partial charge is 0.475 e. The van der Waals surface area contributed by atoms with Crippen LogP contribution in [0.2, 0.25) is 0 Å². The van der Waals surface area contributed by atoms with Crippen LogP contribution in [-0.4, -0.2) is 43.4 Å². The van der Waals surface area contributed by atoms with Gasteiger partial charge in [-0.05, 0) is 45.1 Å². The summed E-state index contributed by atoms with van der Waals surface area (Å²) in [5.41, 5.74) is 0.633. The molecule has 6 heteroatoms. The molecule has 1 saturated carbocycles. The van der Waals surface area contributed by atoms with E-state index < -0.39 is 5.60 Å². The molecule has 134 valence electrons. The van der Waals surface area contributed by atoms with Crippen LogP contribution in [0.5, 0.6) is 5.88 Å². The van der Waals surface area contributed by atoms with E-state index in [9.17, 15) is 4.79 Å². The number of aryl methyl sites for hydroxylation is 1. The van der Waals surface area contributed by atoms with Crippen molar-refractivity contribution >= 4 is 11.6 Å². The van der Waals surface area contributed by atoms with Crippen molar-refractivity contribution in [1.82, 2.24) is 4.98 Å². The number of anilines is 1. The first kappa shape index (κ1) is 18.7. The number of amides is 1. The summed E-state index contributed by atoms with van der Waals surface area (Å²) >= 11 is 0. The van der Waals surface area contributed by atoms with E-state index in [2.05, 4.69) is 10.3 Å². The van der Waals surface area contributed by atoms with E-state index in [-0.39, 0.29) is 5.91 Å². The van der Waals surface area contributed by atoms with E-state index in [4.69, 9.17) is 14.2 Å². The van der Waals surface area contributed by atoms with E-state index >= 15 is 0 Å². The molecule has 1 aliphatic carbocycles. The first-order chi connectivity index (χ1) is 11.5. The summed E-state index contributed by atoms with van der Waals surface area (Å²) in [5.74, 6) is 0.722. The summed E-state index contributed by atoms with van der Waals surface area (Å²) in [6.45, 7) is 7.32. The molecule has 0 radical (unpaired) electrons. The summed E-state index contributed by atoms with van der Waals surface area (Å²) < 4.78 is 16.3. The lowest BCUT2D eigenvalue weighted by Crippen LogP contribution is -2.45. The molecule has 1 aromatic heterocycles. The molecule has 0 aliphatic heterocycles. The van der Waals surface area contributed by atoms with Crippen LogP contribution in [0.25, 0.3) is 0 Å². The minimum absolute atomic E-state index is 0.101. The van der Waals surface area contributed by atoms with E-state index in [1.54, 1.807) is 13.2 Å². The SMILES string of the molecule is CCCO[C@](C)(C(=O)Nc1ccc(OCCOC)nc1C)C1CC1. The first-order valence-corrected chi connectivity index (χ1v) is 8.56. The zero-order valence-corrected chi connectivity index (χ0v) is 15.1. The van der Waals surface area contributed by atoms with Crippen LogP contribution < -0.4 is 10.1 Å². The molecule has 6 nitrogen and oxygen atoms in total. The van der Waals surface area contributed by atoms with Gasteiger partial charge in [0.25, 0.3) is 5.91 Å². The Labute approximate surface area is 143 Å². The number of nitrogens with zero attached hydrogens (tertiary/aromatic N) is 1. The third kappa shape index (κ3) is 4.68. The van der Waals surface area contributed by atoms with Crippen LogP contribution in [0.15, 0.2) is 12.1 Å². The standard InChI is InChI=1S/C18H28N2O4/c1-5-10-24-18(3,14-6-7-14)17(21)20-15-8-9-16(19-13(15)2)23-12-11-22-4/h8-9,14H,5-7,10-12H2,1-4H3,(H,20,21)/t18-/m0/s1. The van der Waals surface area contributed by atoms with Crippen molar-refractivity contribution in [2.75, 3.05) is 32.2 Å². The fourth-order valence-corrected chi connectivity index (χ4v) is 2.54. The Balaban J connectivity index is 2.02. The molecule has 1 amide bonds. The van der Waals surface area contributed by atoms with Crippen LogP contribution in [-0.2, 0) is 14.3 Å². The molecule has 1 atom stereocenters. The molecule has 1 N–H and O–H groups in total.